The van der Waals surface area contributed by atoms with Gasteiger partial charge in [0.1, 0.15) is 5.76 Å². The maximum atomic E-state index is 12.4. The van der Waals surface area contributed by atoms with Crippen molar-refractivity contribution in [2.24, 2.45) is 0 Å². The topological polar surface area (TPSA) is 80.8 Å². The fraction of sp³-hybridized carbons (Fsp3) is 0.333. The summed E-state index contributed by atoms with van der Waals surface area (Å²) in [7, 11) is -9.64. The van der Waals surface area contributed by atoms with Crippen LogP contribution in [0.2, 0.25) is 0 Å². The number of rotatable bonds is 4. The maximum absolute atomic E-state index is 12.4. The van der Waals surface area contributed by atoms with Gasteiger partial charge in [0, 0.05) is 24.0 Å². The second-order valence-electron chi connectivity index (χ2n) is 4.71. The average molecular weight is 450 g/mol. The maximum Gasteiger partial charge on any atom is 0.534 e. The van der Waals surface area contributed by atoms with E-state index in [0.29, 0.717) is 0 Å². The van der Waals surface area contributed by atoms with E-state index in [2.05, 4.69) is 20.1 Å². The van der Waals surface area contributed by atoms with E-state index in [4.69, 9.17) is 0 Å². The summed E-state index contributed by atoms with van der Waals surface area (Å²) in [6.07, 6.45) is -0.318. The lowest BCUT2D eigenvalue weighted by Crippen LogP contribution is -2.37. The van der Waals surface area contributed by atoms with Crippen molar-refractivity contribution >= 4 is 36.1 Å². The van der Waals surface area contributed by atoms with Gasteiger partial charge in [0.2, 0.25) is 10.0 Å². The van der Waals surface area contributed by atoms with Crippen LogP contribution in [0.3, 0.4) is 0 Å². The molecule has 0 atom stereocenters. The molecular formula is C12H11BrF3NO5S2. The van der Waals surface area contributed by atoms with Gasteiger partial charge in [0.05, 0.1) is 4.90 Å². The monoisotopic (exact) mass is 449 g/mol. The first kappa shape index (κ1) is 19.2. The van der Waals surface area contributed by atoms with Crippen molar-refractivity contribution in [1.82, 2.24) is 4.31 Å². The number of sulfonamides is 1. The van der Waals surface area contributed by atoms with E-state index in [0.717, 1.165) is 4.31 Å². The summed E-state index contributed by atoms with van der Waals surface area (Å²) in [5.74, 6) is -0.466. The molecule has 1 aliphatic rings. The third kappa shape index (κ3) is 3.92. The van der Waals surface area contributed by atoms with Gasteiger partial charge in [-0.25, -0.2) is 8.42 Å². The second kappa shape index (κ2) is 6.65. The molecule has 0 aromatic heterocycles. The normalized spacial score (nSPS) is 17.8. The highest BCUT2D eigenvalue weighted by molar-refractivity contribution is 9.11. The fourth-order valence-corrected chi connectivity index (χ4v) is 4.73. The van der Waals surface area contributed by atoms with E-state index in [1.165, 1.54) is 24.3 Å². The Hall–Kier alpha value is -1.11. The molecule has 6 nitrogen and oxygen atoms in total. The van der Waals surface area contributed by atoms with Gasteiger partial charge in [-0.3, -0.25) is 0 Å². The Labute approximate surface area is 145 Å². The first-order valence-corrected chi connectivity index (χ1v) is 10.0. The molecular weight excluding hydrogens is 439 g/mol. The zero-order valence-electron chi connectivity index (χ0n) is 11.8. The van der Waals surface area contributed by atoms with Crippen LogP contribution >= 0.6 is 15.9 Å². The summed E-state index contributed by atoms with van der Waals surface area (Å²) in [6, 6.07) is 7.47. The molecule has 0 spiro atoms. The van der Waals surface area contributed by atoms with Crippen molar-refractivity contribution in [3.63, 3.8) is 0 Å². The lowest BCUT2D eigenvalue weighted by atomic mass is 10.2. The Morgan fingerprint density at radius 3 is 2.17 bits per heavy atom. The van der Waals surface area contributed by atoms with Crippen LogP contribution in [0.5, 0.6) is 0 Å². The summed E-state index contributed by atoms with van der Waals surface area (Å²) in [4.78, 5) is 0.0255. The van der Waals surface area contributed by atoms with Gasteiger partial charge in [-0.15, -0.1) is 0 Å². The summed E-state index contributed by atoms with van der Waals surface area (Å²) >= 11 is 2.90. The zero-order chi connectivity index (χ0) is 18.2. The number of nitrogens with zero attached hydrogens (tertiary/aromatic N) is 1. The predicted molar refractivity (Wildman–Crippen MR) is 81.8 cm³/mol. The van der Waals surface area contributed by atoms with E-state index in [1.807, 2.05) is 0 Å². The molecule has 0 bridgehead atoms. The van der Waals surface area contributed by atoms with Gasteiger partial charge in [0.15, 0.2) is 0 Å². The number of benzene rings is 1. The molecule has 24 heavy (non-hydrogen) atoms. The molecule has 1 aromatic carbocycles. The highest BCUT2D eigenvalue weighted by atomic mass is 79.9. The Kier molecular flexibility index (Phi) is 5.33. The number of halogens is 4. The van der Waals surface area contributed by atoms with Gasteiger partial charge >= 0.3 is 15.6 Å². The Balaban J connectivity index is 2.23. The van der Waals surface area contributed by atoms with Crippen molar-refractivity contribution in [3.05, 3.63) is 40.6 Å². The van der Waals surface area contributed by atoms with E-state index < -0.39 is 31.4 Å². The fourth-order valence-electron chi connectivity index (χ4n) is 1.90. The van der Waals surface area contributed by atoms with E-state index in [1.54, 1.807) is 6.07 Å². The second-order valence-corrected chi connectivity index (χ2v) is 9.15. The van der Waals surface area contributed by atoms with Crippen LogP contribution in [-0.2, 0) is 24.3 Å². The highest BCUT2D eigenvalue weighted by Crippen LogP contribution is 2.33. The molecule has 0 N–H and O–H groups in total. The van der Waals surface area contributed by atoms with E-state index >= 15 is 0 Å². The van der Waals surface area contributed by atoms with Crippen LogP contribution in [0.1, 0.15) is 6.42 Å². The number of alkyl halides is 3. The minimum Gasteiger partial charge on any atom is -0.380 e. The van der Waals surface area contributed by atoms with Crippen molar-refractivity contribution in [1.29, 1.82) is 0 Å². The number of hydrogen-bond donors (Lipinski definition) is 0. The molecule has 0 aliphatic carbocycles. The molecule has 0 amide bonds. The predicted octanol–water partition coefficient (Wildman–Crippen LogP) is 2.55. The molecule has 0 radical (unpaired) electrons. The Bertz CT molecular complexity index is 850. The minimum absolute atomic E-state index is 0.0255. The standard InChI is InChI=1S/C12H11BrF3NO5S2/c13-10-8-17(23(18,19)9-4-2-1-3-5-9)7-6-11(10)22-24(20,21)12(14,15)16/h1-5H,6-8H2. The third-order valence-electron chi connectivity index (χ3n) is 3.08. The molecule has 1 aliphatic heterocycles. The first-order chi connectivity index (χ1) is 10.9. The van der Waals surface area contributed by atoms with Gasteiger partial charge < -0.3 is 4.18 Å². The summed E-state index contributed by atoms with van der Waals surface area (Å²) in [6.45, 7) is -0.547. The molecule has 0 fully saturated rings. The summed E-state index contributed by atoms with van der Waals surface area (Å²) in [5.41, 5.74) is -5.56. The van der Waals surface area contributed by atoms with Gasteiger partial charge in [-0.05, 0) is 12.1 Å². The first-order valence-electron chi connectivity index (χ1n) is 6.38. The molecule has 1 aromatic rings. The lowest BCUT2D eigenvalue weighted by Gasteiger charge is -2.27. The Morgan fingerprint density at radius 1 is 1.08 bits per heavy atom. The van der Waals surface area contributed by atoms with Gasteiger partial charge in [0.25, 0.3) is 0 Å². The molecule has 134 valence electrons. The van der Waals surface area contributed by atoms with Crippen LogP contribution in [-0.4, -0.2) is 39.7 Å². The third-order valence-corrected chi connectivity index (χ3v) is 6.62. The molecule has 0 saturated carbocycles. The van der Waals surface area contributed by atoms with Gasteiger partial charge in [-0.2, -0.15) is 25.9 Å². The van der Waals surface area contributed by atoms with Gasteiger partial charge in [-0.1, -0.05) is 34.1 Å². The van der Waals surface area contributed by atoms with Crippen LogP contribution < -0.4 is 0 Å². The Morgan fingerprint density at radius 2 is 1.67 bits per heavy atom. The molecule has 1 heterocycles. The van der Waals surface area contributed by atoms with Crippen molar-refractivity contribution < 1.29 is 34.2 Å². The van der Waals surface area contributed by atoms with Crippen molar-refractivity contribution in [3.8, 4) is 0 Å². The summed E-state index contributed by atoms with van der Waals surface area (Å²) < 4.78 is 89.0. The molecule has 0 saturated heterocycles. The van der Waals surface area contributed by atoms with Crippen LogP contribution in [0.4, 0.5) is 13.2 Å². The molecule has 0 unspecified atom stereocenters. The average Bonchev–Trinajstić information content (AvgIpc) is 2.49. The van der Waals surface area contributed by atoms with Crippen LogP contribution in [0, 0.1) is 0 Å². The van der Waals surface area contributed by atoms with Crippen molar-refractivity contribution in [2.75, 3.05) is 13.1 Å². The SMILES string of the molecule is O=S(=O)(c1ccccc1)N1CCC(OS(=O)(=O)C(F)(F)F)=C(Br)C1. The number of hydrogen-bond acceptors (Lipinski definition) is 5. The molecule has 12 heteroatoms. The van der Waals surface area contributed by atoms with Crippen molar-refractivity contribution in [2.45, 2.75) is 16.8 Å². The van der Waals surface area contributed by atoms with Crippen LogP contribution in [0.15, 0.2) is 45.5 Å². The minimum atomic E-state index is -5.79. The molecule has 2 rings (SSSR count). The smallest absolute Gasteiger partial charge is 0.380 e. The largest absolute Gasteiger partial charge is 0.534 e. The highest BCUT2D eigenvalue weighted by Gasteiger charge is 2.49. The van der Waals surface area contributed by atoms with E-state index in [9.17, 15) is 30.0 Å². The van der Waals surface area contributed by atoms with Crippen LogP contribution in [0.25, 0.3) is 0 Å². The summed E-state index contributed by atoms with van der Waals surface area (Å²) in [5, 5.41) is 0. The lowest BCUT2D eigenvalue weighted by molar-refractivity contribution is -0.0524. The zero-order valence-corrected chi connectivity index (χ0v) is 15.0. The van der Waals surface area contributed by atoms with E-state index in [-0.39, 0.29) is 28.9 Å². The quantitative estimate of drug-likeness (QED) is 0.521.